The number of hydrogen-bond acceptors (Lipinski definition) is 5. The Labute approximate surface area is 188 Å². The van der Waals surface area contributed by atoms with Gasteiger partial charge in [-0.15, -0.1) is 11.3 Å². The monoisotopic (exact) mass is 434 g/mol. The van der Waals surface area contributed by atoms with Gasteiger partial charge in [0.05, 0.1) is 28.4 Å². The molecule has 2 aromatic rings. The van der Waals surface area contributed by atoms with Crippen LogP contribution in [-0.4, -0.2) is 12.2 Å². The normalized spacial score (nSPS) is 11.6. The number of benzene rings is 1. The van der Waals surface area contributed by atoms with E-state index in [-0.39, 0.29) is 0 Å². The first-order valence-electron chi connectivity index (χ1n) is 10.7. The summed E-state index contributed by atoms with van der Waals surface area (Å²) in [5, 5.41) is 15.0. The fraction of sp³-hybridized carbons (Fsp3) is 0.440. The van der Waals surface area contributed by atoms with Crippen molar-refractivity contribution in [1.82, 2.24) is 0 Å². The van der Waals surface area contributed by atoms with Gasteiger partial charge in [0, 0.05) is 11.3 Å². The number of hydrogen-bond donors (Lipinski definition) is 3. The van der Waals surface area contributed by atoms with Crippen molar-refractivity contribution in [2.75, 3.05) is 18.2 Å². The van der Waals surface area contributed by atoms with E-state index in [1.54, 1.807) is 7.11 Å². The fourth-order valence-electron chi connectivity index (χ4n) is 2.29. The molecule has 1 atom stereocenters. The van der Waals surface area contributed by atoms with Crippen molar-refractivity contribution >= 4 is 27.7 Å². The first kappa shape index (κ1) is 30.0. The molecule has 1 heterocycles. The fourth-order valence-corrected chi connectivity index (χ4v) is 3.45. The van der Waals surface area contributed by atoms with Gasteiger partial charge in [0.1, 0.15) is 6.10 Å². The van der Waals surface area contributed by atoms with E-state index in [1.807, 2.05) is 105 Å². The van der Waals surface area contributed by atoms with Crippen LogP contribution in [0, 0.1) is 6.92 Å². The van der Waals surface area contributed by atoms with E-state index in [9.17, 15) is 5.11 Å². The van der Waals surface area contributed by atoms with Gasteiger partial charge in [-0.25, -0.2) is 0 Å². The van der Waals surface area contributed by atoms with Crippen LogP contribution in [0.15, 0.2) is 53.8 Å². The molecule has 0 saturated carbocycles. The van der Waals surface area contributed by atoms with Gasteiger partial charge in [-0.1, -0.05) is 65.8 Å². The maximum atomic E-state index is 10.7. The van der Waals surface area contributed by atoms with E-state index in [1.165, 1.54) is 11.3 Å². The zero-order valence-electron chi connectivity index (χ0n) is 20.5. The van der Waals surface area contributed by atoms with Gasteiger partial charge >= 0.3 is 0 Å². The molecule has 0 fully saturated rings. The largest absolute Gasteiger partial charge is 0.501 e. The Hall–Kier alpha value is -2.24. The average molecular weight is 435 g/mol. The number of anilines is 3. The van der Waals surface area contributed by atoms with Crippen molar-refractivity contribution in [3.8, 4) is 0 Å². The van der Waals surface area contributed by atoms with Crippen LogP contribution in [0.4, 0.5) is 16.4 Å². The highest BCUT2D eigenvalue weighted by Crippen LogP contribution is 2.42. The Morgan fingerprint density at radius 1 is 1.10 bits per heavy atom. The highest BCUT2D eigenvalue weighted by molar-refractivity contribution is 7.17. The number of ether oxygens (including phenoxy) is 1. The van der Waals surface area contributed by atoms with E-state index < -0.39 is 6.10 Å². The number of nitrogen functional groups attached to an aromatic ring is 1. The summed E-state index contributed by atoms with van der Waals surface area (Å²) in [6.45, 7) is 17.7. The van der Waals surface area contributed by atoms with Crippen molar-refractivity contribution in [2.45, 2.75) is 68.4 Å². The summed E-state index contributed by atoms with van der Waals surface area (Å²) in [6, 6.07) is 9.90. The van der Waals surface area contributed by atoms with Crippen molar-refractivity contribution in [3.05, 3.63) is 64.3 Å². The number of methoxy groups -OCH3 is 1. The van der Waals surface area contributed by atoms with Crippen LogP contribution in [-0.2, 0) is 4.74 Å². The number of thiophene rings is 1. The molecular formula is C25H42N2O2S. The van der Waals surface area contributed by atoms with Crippen LogP contribution < -0.4 is 11.1 Å². The van der Waals surface area contributed by atoms with E-state index in [2.05, 4.69) is 5.32 Å². The Balaban J connectivity index is 0. The second kappa shape index (κ2) is 17.6. The van der Waals surface area contributed by atoms with E-state index >= 15 is 0 Å². The third-order valence-corrected chi connectivity index (χ3v) is 5.12. The van der Waals surface area contributed by atoms with Crippen LogP contribution in [0.5, 0.6) is 0 Å². The van der Waals surface area contributed by atoms with E-state index in [0.29, 0.717) is 5.69 Å². The molecule has 0 amide bonds. The summed E-state index contributed by atoms with van der Waals surface area (Å²) in [4.78, 5) is 0.735. The third kappa shape index (κ3) is 9.06. The number of nitrogens with two attached hydrogens (primary N) is 1. The lowest BCUT2D eigenvalue weighted by molar-refractivity contribution is 0.222. The number of aliphatic hydroxyl groups excluding tert-OH is 1. The Morgan fingerprint density at radius 2 is 1.63 bits per heavy atom. The lowest BCUT2D eigenvalue weighted by Crippen LogP contribution is -2.02. The molecule has 30 heavy (non-hydrogen) atoms. The molecule has 0 spiro atoms. The standard InChI is InChI=1S/C19H24N2O2S.3C2H6/c1-5-14(11-12(2)23-4)17(22)18-16(20)13(3)19(24-18)21-15-9-7-6-8-10-15;3*1-2/h5-11,17,21-22H,20H2,1-4H3;3*1-2H3/b12-11+,14-5+;;;. The Kier molecular flexibility index (Phi) is 17.6. The SMILES string of the molecule is C/C=C(\C=C(/C)OC)C(O)c1sc(Nc2ccccc2)c(C)c1N.CC.CC.CC. The van der Waals surface area contributed by atoms with E-state index in [4.69, 9.17) is 10.5 Å². The van der Waals surface area contributed by atoms with Crippen LogP contribution in [0.1, 0.15) is 71.9 Å². The number of aliphatic hydroxyl groups is 1. The second-order valence-electron chi connectivity index (χ2n) is 5.48. The average Bonchev–Trinajstić information content (AvgIpc) is 3.10. The van der Waals surface area contributed by atoms with Gasteiger partial charge in [-0.2, -0.15) is 0 Å². The molecule has 0 saturated heterocycles. The predicted octanol–water partition coefficient (Wildman–Crippen LogP) is 7.99. The van der Waals surface area contributed by atoms with Crippen molar-refractivity contribution in [2.24, 2.45) is 0 Å². The highest BCUT2D eigenvalue weighted by Gasteiger charge is 2.21. The van der Waals surface area contributed by atoms with Gasteiger partial charge in [0.2, 0.25) is 0 Å². The number of para-hydroxylation sites is 1. The van der Waals surface area contributed by atoms with Gasteiger partial charge in [0.15, 0.2) is 0 Å². The molecule has 0 radical (unpaired) electrons. The summed E-state index contributed by atoms with van der Waals surface area (Å²) in [5.74, 6) is 0.733. The molecule has 4 nitrogen and oxygen atoms in total. The zero-order chi connectivity index (χ0) is 23.7. The lowest BCUT2D eigenvalue weighted by atomic mass is 10.1. The minimum Gasteiger partial charge on any atom is -0.501 e. The quantitative estimate of drug-likeness (QED) is 0.318. The summed E-state index contributed by atoms with van der Waals surface area (Å²) in [7, 11) is 1.61. The molecule has 0 aliphatic rings. The molecule has 4 N–H and O–H groups in total. The smallest absolute Gasteiger partial charge is 0.115 e. The molecule has 0 aliphatic carbocycles. The molecule has 1 aromatic heterocycles. The highest BCUT2D eigenvalue weighted by atomic mass is 32.1. The van der Waals surface area contributed by atoms with Gasteiger partial charge in [-0.05, 0) is 44.6 Å². The molecule has 1 aromatic carbocycles. The zero-order valence-corrected chi connectivity index (χ0v) is 21.3. The summed E-state index contributed by atoms with van der Waals surface area (Å²) in [6.07, 6.45) is 2.91. The lowest BCUT2D eigenvalue weighted by Gasteiger charge is -2.12. The van der Waals surface area contributed by atoms with Gasteiger partial charge in [-0.3, -0.25) is 0 Å². The van der Waals surface area contributed by atoms with Crippen LogP contribution in [0.2, 0.25) is 0 Å². The Bertz CT molecular complexity index is 750. The summed E-state index contributed by atoms with van der Waals surface area (Å²) >= 11 is 1.47. The Morgan fingerprint density at radius 3 is 2.10 bits per heavy atom. The molecule has 0 bridgehead atoms. The molecule has 0 aliphatic heterocycles. The van der Waals surface area contributed by atoms with Crippen molar-refractivity contribution < 1.29 is 9.84 Å². The third-order valence-electron chi connectivity index (χ3n) is 3.84. The van der Waals surface area contributed by atoms with Crippen LogP contribution in [0.25, 0.3) is 0 Å². The minimum atomic E-state index is -0.782. The molecular weight excluding hydrogens is 392 g/mol. The molecule has 5 heteroatoms. The molecule has 2 rings (SSSR count). The van der Waals surface area contributed by atoms with Crippen LogP contribution >= 0.6 is 11.3 Å². The minimum absolute atomic E-state index is 0.619. The van der Waals surface area contributed by atoms with E-state index in [0.717, 1.165) is 32.5 Å². The van der Waals surface area contributed by atoms with Crippen LogP contribution in [0.3, 0.4) is 0 Å². The first-order valence-corrected chi connectivity index (χ1v) is 11.6. The number of nitrogens with one attached hydrogen (secondary N) is 1. The van der Waals surface area contributed by atoms with Gasteiger partial charge in [0.25, 0.3) is 0 Å². The first-order chi connectivity index (χ1) is 14.5. The maximum Gasteiger partial charge on any atom is 0.115 e. The van der Waals surface area contributed by atoms with Gasteiger partial charge < -0.3 is 20.9 Å². The predicted molar refractivity (Wildman–Crippen MR) is 137 cm³/mol. The molecule has 1 unspecified atom stereocenters. The van der Waals surface area contributed by atoms with Crippen molar-refractivity contribution in [3.63, 3.8) is 0 Å². The topological polar surface area (TPSA) is 67.5 Å². The summed E-state index contributed by atoms with van der Waals surface area (Å²) in [5.41, 5.74) is 9.56. The second-order valence-corrected chi connectivity index (χ2v) is 6.53. The van der Waals surface area contributed by atoms with Crippen molar-refractivity contribution in [1.29, 1.82) is 0 Å². The number of allylic oxidation sites excluding steroid dienone is 2. The number of rotatable bonds is 6. The summed E-state index contributed by atoms with van der Waals surface area (Å²) < 4.78 is 5.18. The molecule has 170 valence electrons. The maximum absolute atomic E-state index is 10.7.